The van der Waals surface area contributed by atoms with E-state index in [-0.39, 0.29) is 34.0 Å². The predicted molar refractivity (Wildman–Crippen MR) is 151 cm³/mol. The highest BCUT2D eigenvalue weighted by Crippen LogP contribution is 2.60. The molecule has 3 aliphatic rings. The van der Waals surface area contributed by atoms with Crippen LogP contribution in [-0.4, -0.2) is 54.9 Å². The molecule has 200 valence electrons. The summed E-state index contributed by atoms with van der Waals surface area (Å²) in [6, 6.07) is 3.69. The second-order valence-corrected chi connectivity index (χ2v) is 13.0. The van der Waals surface area contributed by atoms with Crippen molar-refractivity contribution in [3.63, 3.8) is 0 Å². The first-order chi connectivity index (χ1) is 18.1. The fourth-order valence-electron chi connectivity index (χ4n) is 5.70. The van der Waals surface area contributed by atoms with Crippen molar-refractivity contribution in [1.29, 1.82) is 0 Å². The first-order valence-electron chi connectivity index (χ1n) is 12.5. The maximum atomic E-state index is 14.2. The molecule has 1 spiro atoms. The number of aromatic nitrogens is 4. The number of alkyl halides is 1. The van der Waals surface area contributed by atoms with E-state index in [1.165, 1.54) is 47.9 Å². The summed E-state index contributed by atoms with van der Waals surface area (Å²) in [5, 5.41) is 1.22. The van der Waals surface area contributed by atoms with Crippen LogP contribution in [0.15, 0.2) is 57.0 Å². The average molecular weight is 574 g/mol. The van der Waals surface area contributed by atoms with Gasteiger partial charge in [-0.1, -0.05) is 23.4 Å². The molecular formula is C26H29ClFN7OS2. The minimum atomic E-state index is -1.55. The number of hydrogen-bond donors (Lipinski definition) is 1. The third kappa shape index (κ3) is 4.47. The van der Waals surface area contributed by atoms with Crippen molar-refractivity contribution in [2.75, 3.05) is 24.2 Å². The number of rotatable bonds is 6. The van der Waals surface area contributed by atoms with Gasteiger partial charge in [0, 0.05) is 29.7 Å². The van der Waals surface area contributed by atoms with Crippen molar-refractivity contribution in [1.82, 2.24) is 23.8 Å². The smallest absolute Gasteiger partial charge is 0.262 e. The lowest BCUT2D eigenvalue weighted by atomic mass is 9.72. The highest BCUT2D eigenvalue weighted by molar-refractivity contribution is 7.99. The Morgan fingerprint density at radius 3 is 2.58 bits per heavy atom. The van der Waals surface area contributed by atoms with E-state index >= 15 is 0 Å². The number of benzene rings is 1. The van der Waals surface area contributed by atoms with Gasteiger partial charge >= 0.3 is 0 Å². The molecule has 2 N–H and O–H groups in total. The molecule has 1 aromatic carbocycles. The molecule has 1 aliphatic carbocycles. The zero-order valence-corrected chi connectivity index (χ0v) is 23.8. The van der Waals surface area contributed by atoms with Crippen LogP contribution in [0.1, 0.15) is 33.1 Å². The number of nitrogens with two attached hydrogens (primary N) is 1. The lowest BCUT2D eigenvalue weighted by molar-refractivity contribution is 0.183. The molecule has 6 rings (SSSR count). The van der Waals surface area contributed by atoms with Crippen molar-refractivity contribution in [2.45, 2.75) is 61.3 Å². The van der Waals surface area contributed by atoms with Crippen LogP contribution >= 0.6 is 35.3 Å². The number of nitrogens with zero attached hydrogens (tertiary/aromatic N) is 6. The lowest BCUT2D eigenvalue weighted by Crippen LogP contribution is -2.50. The van der Waals surface area contributed by atoms with Gasteiger partial charge in [0.1, 0.15) is 16.5 Å². The summed E-state index contributed by atoms with van der Waals surface area (Å²) >= 11 is 9.73. The van der Waals surface area contributed by atoms with Crippen LogP contribution in [0.2, 0.25) is 5.02 Å². The molecule has 0 bridgehead atoms. The van der Waals surface area contributed by atoms with E-state index in [2.05, 4.69) is 30.4 Å². The van der Waals surface area contributed by atoms with Crippen LogP contribution in [0.4, 0.5) is 10.2 Å². The van der Waals surface area contributed by atoms with Gasteiger partial charge in [0.05, 0.1) is 58.6 Å². The van der Waals surface area contributed by atoms with E-state index in [1.54, 1.807) is 30.4 Å². The first kappa shape index (κ1) is 25.9. The third-order valence-corrected chi connectivity index (χ3v) is 9.99. The summed E-state index contributed by atoms with van der Waals surface area (Å²) in [5.74, 6) is 0.845. The lowest BCUT2D eigenvalue weighted by Gasteiger charge is -2.44. The summed E-state index contributed by atoms with van der Waals surface area (Å²) in [6.07, 6.45) is 10.1. The average Bonchev–Trinajstić information content (AvgIpc) is 3.51. The highest BCUT2D eigenvalue weighted by Gasteiger charge is 2.57. The molecule has 1 fully saturated rings. The maximum absolute atomic E-state index is 14.2. The fraction of sp³-hybridized carbons (Fsp3) is 0.462. The van der Waals surface area contributed by atoms with Gasteiger partial charge < -0.3 is 10.6 Å². The Bertz CT molecular complexity index is 1500. The van der Waals surface area contributed by atoms with E-state index in [1.807, 2.05) is 6.07 Å². The second-order valence-electron chi connectivity index (χ2n) is 10.8. The largest absolute Gasteiger partial charge is 0.355 e. The maximum Gasteiger partial charge on any atom is 0.262 e. The van der Waals surface area contributed by atoms with Gasteiger partial charge in [-0.05, 0) is 57.2 Å². The van der Waals surface area contributed by atoms with E-state index in [0.29, 0.717) is 15.4 Å². The molecule has 1 atom stereocenters. The highest BCUT2D eigenvalue weighted by atomic mass is 35.5. The van der Waals surface area contributed by atoms with Crippen molar-refractivity contribution in [3.8, 4) is 0 Å². The SMILES string of the molecule is CSN1C2=C1C(N)C1(CCN(c3cnc(Sc4ccc5ncn(CC(C)(C)F)c(=O)c5c4Cl)cn3)CC1)C2. The Kier molecular flexibility index (Phi) is 6.40. The molecule has 2 aromatic heterocycles. The predicted octanol–water partition coefficient (Wildman–Crippen LogP) is 4.86. The quantitative estimate of drug-likeness (QED) is 0.415. The second kappa shape index (κ2) is 9.39. The zero-order chi connectivity index (χ0) is 26.8. The number of fused-ring (bicyclic) bond motifs is 1. The summed E-state index contributed by atoms with van der Waals surface area (Å²) in [7, 11) is 0. The standard InChI is InChI=1S/C26H29ClFN7OS2/c1-25(2,28)13-34-14-32-15-4-5-17(21(27)20(15)24(34)36)38-19-12-30-18(11-31-19)33-8-6-26(7-9-33)10-16-22(23(26)29)35(16)37-3/h4-5,11-12,14,23H,6-10,13,29H2,1-3H3. The van der Waals surface area contributed by atoms with Gasteiger partial charge in [-0.15, -0.1) is 0 Å². The summed E-state index contributed by atoms with van der Waals surface area (Å²) in [6.45, 7) is 4.55. The molecular weight excluding hydrogens is 545 g/mol. The normalized spacial score (nSPS) is 20.5. The number of hydrogen-bond acceptors (Lipinski definition) is 9. The Morgan fingerprint density at radius 1 is 1.21 bits per heavy atom. The van der Waals surface area contributed by atoms with Gasteiger partial charge in [-0.25, -0.2) is 19.3 Å². The molecule has 1 unspecified atom stereocenters. The van der Waals surface area contributed by atoms with E-state index in [0.717, 1.165) is 38.2 Å². The molecule has 8 nitrogen and oxygen atoms in total. The fourth-order valence-corrected chi connectivity index (χ4v) is 7.57. The van der Waals surface area contributed by atoms with Crippen LogP contribution < -0.4 is 16.2 Å². The monoisotopic (exact) mass is 573 g/mol. The first-order valence-corrected chi connectivity index (χ1v) is 14.9. The van der Waals surface area contributed by atoms with Crippen molar-refractivity contribution >= 4 is 52.0 Å². The van der Waals surface area contributed by atoms with E-state index in [4.69, 9.17) is 17.3 Å². The topological polar surface area (TPSA) is 92.9 Å². The van der Waals surface area contributed by atoms with Crippen molar-refractivity contribution < 1.29 is 4.39 Å². The van der Waals surface area contributed by atoms with Gasteiger partial charge in [0.25, 0.3) is 5.56 Å². The van der Waals surface area contributed by atoms with Gasteiger partial charge in [0.2, 0.25) is 0 Å². The summed E-state index contributed by atoms with van der Waals surface area (Å²) in [5.41, 5.74) is 8.16. The number of anilines is 1. The minimum absolute atomic E-state index is 0.103. The van der Waals surface area contributed by atoms with Gasteiger partial charge in [-0.3, -0.25) is 13.7 Å². The summed E-state index contributed by atoms with van der Waals surface area (Å²) < 4.78 is 17.7. The minimum Gasteiger partial charge on any atom is -0.355 e. The molecule has 2 aliphatic heterocycles. The molecule has 3 aromatic rings. The Labute approximate surface area is 234 Å². The van der Waals surface area contributed by atoms with Gasteiger partial charge in [-0.2, -0.15) is 0 Å². The zero-order valence-electron chi connectivity index (χ0n) is 21.4. The number of piperidine rings is 2. The van der Waals surface area contributed by atoms with Crippen LogP contribution in [0.25, 0.3) is 10.9 Å². The molecule has 12 heteroatoms. The number of allylic oxidation sites excluding steroid dienone is 1. The van der Waals surface area contributed by atoms with Gasteiger partial charge in [0.15, 0.2) is 0 Å². The molecule has 38 heavy (non-hydrogen) atoms. The molecule has 0 amide bonds. The molecule has 4 heterocycles. The Morgan fingerprint density at radius 2 is 1.97 bits per heavy atom. The summed E-state index contributed by atoms with van der Waals surface area (Å²) in [4.78, 5) is 29.6. The van der Waals surface area contributed by atoms with Crippen molar-refractivity contribution in [3.05, 3.63) is 57.6 Å². The van der Waals surface area contributed by atoms with Crippen molar-refractivity contribution in [2.24, 2.45) is 11.1 Å². The van der Waals surface area contributed by atoms with Crippen LogP contribution in [0.5, 0.6) is 0 Å². The van der Waals surface area contributed by atoms with Crippen LogP contribution in [-0.2, 0) is 6.54 Å². The van der Waals surface area contributed by atoms with Crippen LogP contribution in [0, 0.1) is 5.41 Å². The van der Waals surface area contributed by atoms with E-state index < -0.39 is 5.67 Å². The molecule has 0 radical (unpaired) electrons. The molecule has 1 saturated heterocycles. The molecule has 0 saturated carbocycles. The van der Waals surface area contributed by atoms with Crippen LogP contribution in [0.3, 0.4) is 0 Å². The van der Waals surface area contributed by atoms with E-state index in [9.17, 15) is 9.18 Å². The number of halogens is 2. The Balaban J connectivity index is 1.14. The Hall–Kier alpha value is -2.34. The third-order valence-electron chi connectivity index (χ3n) is 7.72.